The quantitative estimate of drug-likeness (QED) is 0.365. The molecule has 190 valence electrons. The lowest BCUT2D eigenvalue weighted by Crippen LogP contribution is -2.35. The molecule has 5 rings (SSSR count). The first kappa shape index (κ1) is 25.3. The van der Waals surface area contributed by atoms with Crippen molar-refractivity contribution in [2.24, 2.45) is 5.73 Å². The van der Waals surface area contributed by atoms with Gasteiger partial charge >= 0.3 is 0 Å². The average Bonchev–Trinajstić information content (AvgIpc) is 3.45. The van der Waals surface area contributed by atoms with Gasteiger partial charge in [0.2, 0.25) is 0 Å². The molecule has 2 N–H and O–H groups in total. The summed E-state index contributed by atoms with van der Waals surface area (Å²) in [5.74, 6) is 0.543. The summed E-state index contributed by atoms with van der Waals surface area (Å²) in [4.78, 5) is 19.5. The molecule has 1 fully saturated rings. The molecule has 10 heteroatoms. The number of fused-ring (bicyclic) bond motifs is 1. The van der Waals surface area contributed by atoms with Gasteiger partial charge in [0.05, 0.1) is 16.4 Å². The molecule has 1 aromatic carbocycles. The maximum absolute atomic E-state index is 12.3. The predicted octanol–water partition coefficient (Wildman–Crippen LogP) is 5.98. The Labute approximate surface area is 228 Å². The summed E-state index contributed by atoms with van der Waals surface area (Å²) in [7, 11) is 2.12. The SMILES string of the molecule is CC(Oc1cc(-n2cnc3c2C=C(Br)CC3)sc1C(N)=O)c1cccc(OC2CCN(C)CC2)c1Cl. The normalized spacial score (nSPS) is 17.4. The second-order valence-corrected chi connectivity index (χ2v) is 11.6. The van der Waals surface area contributed by atoms with E-state index in [1.54, 1.807) is 6.33 Å². The Morgan fingerprint density at radius 1 is 1.28 bits per heavy atom. The highest BCUT2D eigenvalue weighted by Gasteiger charge is 2.25. The molecule has 1 amide bonds. The Kier molecular flexibility index (Phi) is 7.44. The number of likely N-dealkylation sites (tertiary alicyclic amines) is 1. The number of hydrogen-bond acceptors (Lipinski definition) is 6. The van der Waals surface area contributed by atoms with Crippen LogP contribution in [-0.4, -0.2) is 46.6 Å². The Bertz CT molecular complexity index is 1310. The molecule has 0 saturated carbocycles. The number of imidazole rings is 1. The lowest BCUT2D eigenvalue weighted by atomic mass is 10.1. The maximum atomic E-state index is 12.3. The summed E-state index contributed by atoms with van der Waals surface area (Å²) in [6, 6.07) is 7.57. The predicted molar refractivity (Wildman–Crippen MR) is 147 cm³/mol. The second kappa shape index (κ2) is 10.6. The summed E-state index contributed by atoms with van der Waals surface area (Å²) >= 11 is 11.7. The summed E-state index contributed by atoms with van der Waals surface area (Å²) < 4.78 is 15.6. The van der Waals surface area contributed by atoms with E-state index in [9.17, 15) is 4.79 Å². The molecule has 1 saturated heterocycles. The van der Waals surface area contributed by atoms with Gasteiger partial charge in [0.1, 0.15) is 39.9 Å². The number of primary amides is 1. The van der Waals surface area contributed by atoms with Crippen molar-refractivity contribution < 1.29 is 14.3 Å². The zero-order chi connectivity index (χ0) is 25.4. The number of carbonyl (C=O) groups is 1. The zero-order valence-electron chi connectivity index (χ0n) is 20.2. The number of amides is 1. The van der Waals surface area contributed by atoms with Gasteiger partial charge in [0.15, 0.2) is 0 Å². The number of hydrogen-bond donors (Lipinski definition) is 1. The number of thiophene rings is 1. The Balaban J connectivity index is 1.39. The number of benzene rings is 1. The van der Waals surface area contributed by atoms with Gasteiger partial charge < -0.3 is 20.1 Å². The van der Waals surface area contributed by atoms with Gasteiger partial charge in [-0.15, -0.1) is 11.3 Å². The third kappa shape index (κ3) is 5.20. The van der Waals surface area contributed by atoms with Gasteiger partial charge in [-0.2, -0.15) is 0 Å². The molecular formula is C26H28BrClN4O3S. The highest BCUT2D eigenvalue weighted by Crippen LogP contribution is 2.39. The number of allylic oxidation sites excluding steroid dienone is 1. The first-order valence-corrected chi connectivity index (χ1v) is 14.0. The number of nitrogens with zero attached hydrogens (tertiary/aromatic N) is 3. The highest BCUT2D eigenvalue weighted by molar-refractivity contribution is 9.11. The van der Waals surface area contributed by atoms with E-state index in [1.807, 2.05) is 35.8 Å². The van der Waals surface area contributed by atoms with Gasteiger partial charge in [0, 0.05) is 24.7 Å². The fourth-order valence-corrected chi connectivity index (χ4v) is 6.25. The van der Waals surface area contributed by atoms with E-state index in [4.69, 9.17) is 26.8 Å². The molecule has 0 bridgehead atoms. The Morgan fingerprint density at radius 2 is 2.06 bits per heavy atom. The molecule has 2 aliphatic rings. The molecule has 1 aliphatic heterocycles. The number of carbonyl (C=O) groups excluding carboxylic acids is 1. The number of aromatic nitrogens is 2. The number of halogens is 2. The third-order valence-corrected chi connectivity index (χ3v) is 8.78. The fourth-order valence-electron chi connectivity index (χ4n) is 4.58. The maximum Gasteiger partial charge on any atom is 0.262 e. The van der Waals surface area contributed by atoms with Crippen molar-refractivity contribution >= 4 is 50.9 Å². The fraction of sp³-hybridized carbons (Fsp3) is 0.385. The van der Waals surface area contributed by atoms with Crippen molar-refractivity contribution in [3.8, 4) is 16.5 Å². The van der Waals surface area contributed by atoms with Crippen molar-refractivity contribution in [1.29, 1.82) is 0 Å². The number of piperidine rings is 1. The zero-order valence-corrected chi connectivity index (χ0v) is 23.3. The molecule has 36 heavy (non-hydrogen) atoms. The molecule has 3 aromatic rings. The molecule has 1 atom stereocenters. The van der Waals surface area contributed by atoms with Crippen LogP contribution in [0.15, 0.2) is 35.1 Å². The van der Waals surface area contributed by atoms with Crippen LogP contribution in [0.4, 0.5) is 0 Å². The monoisotopic (exact) mass is 590 g/mol. The third-order valence-electron chi connectivity index (χ3n) is 6.62. The van der Waals surface area contributed by atoms with Crippen LogP contribution in [0.25, 0.3) is 11.1 Å². The van der Waals surface area contributed by atoms with E-state index in [2.05, 4.69) is 38.9 Å². The lowest BCUT2D eigenvalue weighted by Gasteiger charge is -2.30. The van der Waals surface area contributed by atoms with Crippen LogP contribution in [0, 0.1) is 0 Å². The highest BCUT2D eigenvalue weighted by atomic mass is 79.9. The van der Waals surface area contributed by atoms with Crippen molar-refractivity contribution in [3.63, 3.8) is 0 Å². The van der Waals surface area contributed by atoms with E-state index >= 15 is 0 Å². The minimum absolute atomic E-state index is 0.140. The van der Waals surface area contributed by atoms with E-state index in [0.29, 0.717) is 21.4 Å². The van der Waals surface area contributed by atoms with Crippen LogP contribution in [0.1, 0.15) is 58.9 Å². The number of rotatable bonds is 7. The van der Waals surface area contributed by atoms with Crippen LogP contribution in [-0.2, 0) is 6.42 Å². The largest absolute Gasteiger partial charge is 0.489 e. The molecule has 3 heterocycles. The number of aryl methyl sites for hydroxylation is 1. The Morgan fingerprint density at radius 3 is 2.81 bits per heavy atom. The first-order valence-electron chi connectivity index (χ1n) is 12.0. The van der Waals surface area contributed by atoms with Crippen LogP contribution in [0.5, 0.6) is 11.5 Å². The minimum Gasteiger partial charge on any atom is -0.489 e. The van der Waals surface area contributed by atoms with Gasteiger partial charge in [-0.05, 0) is 56.3 Å². The lowest BCUT2D eigenvalue weighted by molar-refractivity contribution is 0.0998. The van der Waals surface area contributed by atoms with Crippen LogP contribution >= 0.6 is 38.9 Å². The second-order valence-electron chi connectivity index (χ2n) is 9.22. The topological polar surface area (TPSA) is 82.6 Å². The van der Waals surface area contributed by atoms with Gasteiger partial charge in [0.25, 0.3) is 5.91 Å². The molecule has 2 aromatic heterocycles. The van der Waals surface area contributed by atoms with Gasteiger partial charge in [-0.3, -0.25) is 9.36 Å². The molecule has 1 aliphatic carbocycles. The van der Waals surface area contributed by atoms with E-state index in [1.165, 1.54) is 11.3 Å². The van der Waals surface area contributed by atoms with E-state index in [-0.39, 0.29) is 6.10 Å². The average molecular weight is 592 g/mol. The van der Waals surface area contributed by atoms with Crippen molar-refractivity contribution in [2.75, 3.05) is 20.1 Å². The molecule has 0 radical (unpaired) electrons. The van der Waals surface area contributed by atoms with E-state index in [0.717, 1.165) is 65.2 Å². The molecule has 0 spiro atoms. The van der Waals surface area contributed by atoms with Gasteiger partial charge in [-0.25, -0.2) is 4.98 Å². The minimum atomic E-state index is -0.537. The van der Waals surface area contributed by atoms with Crippen LogP contribution in [0.3, 0.4) is 0 Å². The summed E-state index contributed by atoms with van der Waals surface area (Å²) in [6.07, 6.45) is 7.27. The van der Waals surface area contributed by atoms with Crippen LogP contribution in [0.2, 0.25) is 5.02 Å². The number of nitrogens with two attached hydrogens (primary N) is 1. The van der Waals surface area contributed by atoms with E-state index < -0.39 is 12.0 Å². The standard InChI is InChI=1S/C26H28BrClN4O3S/c1-15(18-4-3-5-21(24(18)28)35-17-8-10-31(2)11-9-17)34-22-13-23(36-25(22)26(29)33)32-14-30-19-7-6-16(27)12-20(19)32/h3-5,12-15,17H,6-11H2,1-2H3,(H2,29,33). The Hall–Kier alpha value is -2.33. The summed E-state index contributed by atoms with van der Waals surface area (Å²) in [6.45, 7) is 3.91. The van der Waals surface area contributed by atoms with Crippen molar-refractivity contribution in [3.05, 3.63) is 61.9 Å². The van der Waals surface area contributed by atoms with Crippen molar-refractivity contribution in [2.45, 2.75) is 44.8 Å². The van der Waals surface area contributed by atoms with Gasteiger partial charge in [-0.1, -0.05) is 39.7 Å². The molecule has 7 nitrogen and oxygen atoms in total. The summed E-state index contributed by atoms with van der Waals surface area (Å²) in [5, 5.41) is 1.34. The molecule has 1 unspecified atom stereocenters. The van der Waals surface area contributed by atoms with Crippen molar-refractivity contribution in [1.82, 2.24) is 14.5 Å². The van der Waals surface area contributed by atoms with Crippen LogP contribution < -0.4 is 15.2 Å². The first-order chi connectivity index (χ1) is 17.3. The number of ether oxygens (including phenoxy) is 2. The molecular weight excluding hydrogens is 564 g/mol. The summed E-state index contributed by atoms with van der Waals surface area (Å²) in [5.41, 5.74) is 8.53. The smallest absolute Gasteiger partial charge is 0.262 e.